The third-order valence-corrected chi connectivity index (χ3v) is 3.88. The summed E-state index contributed by atoms with van der Waals surface area (Å²) < 4.78 is 0. The van der Waals surface area contributed by atoms with Crippen LogP contribution in [0.1, 0.15) is 19.8 Å². The number of hydrogen-bond acceptors (Lipinski definition) is 4. The van der Waals surface area contributed by atoms with Gasteiger partial charge >= 0.3 is 0 Å². The molecule has 0 saturated carbocycles. The van der Waals surface area contributed by atoms with E-state index < -0.39 is 6.04 Å². The zero-order valence-corrected chi connectivity index (χ0v) is 14.3. The van der Waals surface area contributed by atoms with Crippen molar-refractivity contribution in [3.8, 4) is 0 Å². The molecule has 0 radical (unpaired) electrons. The number of likely N-dealkylation sites (tertiary alicyclic amines) is 1. The van der Waals surface area contributed by atoms with Crippen molar-refractivity contribution in [1.82, 2.24) is 9.80 Å². The van der Waals surface area contributed by atoms with Crippen molar-refractivity contribution in [1.29, 1.82) is 0 Å². The molecular formula is C17H24N4O3. The average Bonchev–Trinajstić information content (AvgIpc) is 2.93. The van der Waals surface area contributed by atoms with Crippen molar-refractivity contribution in [2.75, 3.05) is 37.8 Å². The van der Waals surface area contributed by atoms with E-state index in [0.717, 1.165) is 6.42 Å². The Morgan fingerprint density at radius 1 is 1.21 bits per heavy atom. The molecule has 1 heterocycles. The van der Waals surface area contributed by atoms with Gasteiger partial charge in [-0.3, -0.25) is 14.4 Å². The van der Waals surface area contributed by atoms with Crippen molar-refractivity contribution in [2.45, 2.75) is 25.8 Å². The van der Waals surface area contributed by atoms with Gasteiger partial charge in [-0.15, -0.1) is 0 Å². The maximum atomic E-state index is 12.4. The third kappa shape index (κ3) is 4.55. The molecule has 1 unspecified atom stereocenters. The Labute approximate surface area is 142 Å². The lowest BCUT2D eigenvalue weighted by Gasteiger charge is -2.24. The van der Waals surface area contributed by atoms with Crippen molar-refractivity contribution >= 4 is 29.1 Å². The van der Waals surface area contributed by atoms with Crippen LogP contribution in [0.25, 0.3) is 0 Å². The molecule has 1 fully saturated rings. The van der Waals surface area contributed by atoms with Crippen LogP contribution in [0.3, 0.4) is 0 Å². The minimum Gasteiger partial charge on any atom is -0.331 e. The molecule has 1 saturated heterocycles. The summed E-state index contributed by atoms with van der Waals surface area (Å²) >= 11 is 0. The van der Waals surface area contributed by atoms with Crippen LogP contribution in [-0.4, -0.2) is 60.7 Å². The maximum Gasteiger partial charge on any atom is 0.246 e. The number of nitrogens with one attached hydrogen (secondary N) is 2. The maximum absolute atomic E-state index is 12.4. The molecule has 0 bridgehead atoms. The second kappa shape index (κ2) is 7.92. The van der Waals surface area contributed by atoms with E-state index in [1.165, 1.54) is 0 Å². The summed E-state index contributed by atoms with van der Waals surface area (Å²) in [6.07, 6.45) is 1.28. The molecule has 0 aromatic heterocycles. The van der Waals surface area contributed by atoms with E-state index >= 15 is 0 Å². The van der Waals surface area contributed by atoms with Gasteiger partial charge in [-0.25, -0.2) is 0 Å². The van der Waals surface area contributed by atoms with E-state index in [4.69, 9.17) is 0 Å². The number of hydrogen-bond donors (Lipinski definition) is 2. The van der Waals surface area contributed by atoms with Crippen LogP contribution in [0.5, 0.6) is 0 Å². The average molecular weight is 332 g/mol. The standard InChI is InChI=1S/C17H24N4O3/c1-12(21-10-6-9-16(21)23)17(24)19-14-8-5-4-7-13(14)18-15(22)11-20(2)3/h4-5,7-8,12H,6,9-11H2,1-3H3,(H,18,22)(H,19,24). The van der Waals surface area contributed by atoms with Crippen LogP contribution >= 0.6 is 0 Å². The largest absolute Gasteiger partial charge is 0.331 e. The number of anilines is 2. The Morgan fingerprint density at radius 3 is 2.38 bits per heavy atom. The minimum atomic E-state index is -0.537. The number of para-hydroxylation sites is 2. The number of benzene rings is 1. The van der Waals surface area contributed by atoms with Gasteiger partial charge in [0.1, 0.15) is 6.04 Å². The fourth-order valence-corrected chi connectivity index (χ4v) is 2.64. The summed E-state index contributed by atoms with van der Waals surface area (Å²) in [5.74, 6) is -0.422. The molecule has 130 valence electrons. The second-order valence-electron chi connectivity index (χ2n) is 6.19. The Bertz CT molecular complexity index is 630. The van der Waals surface area contributed by atoms with Gasteiger partial charge in [0.15, 0.2) is 0 Å². The van der Waals surface area contributed by atoms with Crippen LogP contribution in [0.4, 0.5) is 11.4 Å². The topological polar surface area (TPSA) is 81.8 Å². The van der Waals surface area contributed by atoms with Crippen LogP contribution in [0.2, 0.25) is 0 Å². The highest BCUT2D eigenvalue weighted by Crippen LogP contribution is 2.22. The van der Waals surface area contributed by atoms with E-state index in [-0.39, 0.29) is 24.3 Å². The molecule has 7 nitrogen and oxygen atoms in total. The molecule has 2 N–H and O–H groups in total. The monoisotopic (exact) mass is 332 g/mol. The number of rotatable bonds is 6. The molecule has 3 amide bonds. The van der Waals surface area contributed by atoms with E-state index in [1.807, 2.05) is 14.1 Å². The van der Waals surface area contributed by atoms with Crippen LogP contribution < -0.4 is 10.6 Å². The highest BCUT2D eigenvalue weighted by Gasteiger charge is 2.29. The first-order valence-corrected chi connectivity index (χ1v) is 8.02. The second-order valence-corrected chi connectivity index (χ2v) is 6.19. The Kier molecular flexibility index (Phi) is 5.92. The highest BCUT2D eigenvalue weighted by atomic mass is 16.2. The molecule has 7 heteroatoms. The third-order valence-electron chi connectivity index (χ3n) is 3.88. The van der Waals surface area contributed by atoms with Crippen molar-refractivity contribution in [3.63, 3.8) is 0 Å². The van der Waals surface area contributed by atoms with Crippen LogP contribution in [0.15, 0.2) is 24.3 Å². The number of nitrogens with zero attached hydrogens (tertiary/aromatic N) is 2. The molecular weight excluding hydrogens is 308 g/mol. The van der Waals surface area contributed by atoms with Gasteiger partial charge in [-0.2, -0.15) is 0 Å². The summed E-state index contributed by atoms with van der Waals surface area (Å²) in [7, 11) is 3.62. The Balaban J connectivity index is 2.05. The predicted octanol–water partition coefficient (Wildman–Crippen LogP) is 1.14. The van der Waals surface area contributed by atoms with Gasteiger partial charge in [0, 0.05) is 13.0 Å². The van der Waals surface area contributed by atoms with Crippen LogP contribution in [0, 0.1) is 0 Å². The first kappa shape index (κ1) is 17.9. The lowest BCUT2D eigenvalue weighted by Crippen LogP contribution is -2.42. The molecule has 1 atom stereocenters. The number of likely N-dealkylation sites (N-methyl/N-ethyl adjacent to an activating group) is 1. The van der Waals surface area contributed by atoms with Crippen LogP contribution in [-0.2, 0) is 14.4 Å². The fraction of sp³-hybridized carbons (Fsp3) is 0.471. The first-order chi connectivity index (χ1) is 11.4. The number of amides is 3. The summed E-state index contributed by atoms with van der Waals surface area (Å²) in [5, 5.41) is 5.59. The van der Waals surface area contributed by atoms with Gasteiger partial charge in [0.25, 0.3) is 0 Å². The SMILES string of the molecule is CC(C(=O)Nc1ccccc1NC(=O)CN(C)C)N1CCCC1=O. The summed E-state index contributed by atoms with van der Waals surface area (Å²) in [4.78, 5) is 39.5. The van der Waals surface area contributed by atoms with Gasteiger partial charge in [0.2, 0.25) is 17.7 Å². The van der Waals surface area contributed by atoms with E-state index in [2.05, 4.69) is 10.6 Å². The predicted molar refractivity (Wildman–Crippen MR) is 92.7 cm³/mol. The first-order valence-electron chi connectivity index (χ1n) is 8.02. The minimum absolute atomic E-state index is 0.00483. The van der Waals surface area contributed by atoms with Gasteiger partial charge < -0.3 is 20.4 Å². The Morgan fingerprint density at radius 2 is 1.83 bits per heavy atom. The van der Waals surface area contributed by atoms with Gasteiger partial charge in [-0.05, 0) is 39.6 Å². The normalized spacial score (nSPS) is 15.5. The van der Waals surface area contributed by atoms with E-state index in [0.29, 0.717) is 24.3 Å². The zero-order chi connectivity index (χ0) is 17.7. The van der Waals surface area contributed by atoms with Gasteiger partial charge in [-0.1, -0.05) is 12.1 Å². The van der Waals surface area contributed by atoms with Crippen molar-refractivity contribution in [2.24, 2.45) is 0 Å². The van der Waals surface area contributed by atoms with Gasteiger partial charge in [0.05, 0.1) is 17.9 Å². The van der Waals surface area contributed by atoms with E-state index in [9.17, 15) is 14.4 Å². The quantitative estimate of drug-likeness (QED) is 0.818. The van der Waals surface area contributed by atoms with Crippen molar-refractivity contribution in [3.05, 3.63) is 24.3 Å². The van der Waals surface area contributed by atoms with Crippen molar-refractivity contribution < 1.29 is 14.4 Å². The lowest BCUT2D eigenvalue weighted by molar-refractivity contribution is -0.134. The van der Waals surface area contributed by atoms with E-state index in [1.54, 1.807) is 41.0 Å². The summed E-state index contributed by atoms with van der Waals surface area (Å²) in [5.41, 5.74) is 1.06. The molecule has 2 rings (SSSR count). The number of carbonyl (C=O) groups excluding carboxylic acids is 3. The fourth-order valence-electron chi connectivity index (χ4n) is 2.64. The molecule has 1 aromatic carbocycles. The zero-order valence-electron chi connectivity index (χ0n) is 14.3. The molecule has 1 aliphatic heterocycles. The molecule has 1 aromatic rings. The summed E-state index contributed by atoms with van der Waals surface area (Å²) in [6, 6.07) is 6.49. The molecule has 1 aliphatic rings. The lowest BCUT2D eigenvalue weighted by atomic mass is 10.2. The Hall–Kier alpha value is -2.41. The molecule has 24 heavy (non-hydrogen) atoms. The highest BCUT2D eigenvalue weighted by molar-refractivity contribution is 6.02. The smallest absolute Gasteiger partial charge is 0.246 e. The molecule has 0 aliphatic carbocycles. The molecule has 0 spiro atoms. The summed E-state index contributed by atoms with van der Waals surface area (Å²) in [6.45, 7) is 2.57. The number of carbonyl (C=O) groups is 3.